The highest BCUT2D eigenvalue weighted by molar-refractivity contribution is 9.10. The standard InChI is InChI=1S/C13H14BrNO2/c1-15-8-11(14)10-6-2-4-9(13(10)15)5-3-7-12(16)17/h2,4,6,8H,3,5,7H2,1H3,(H,16,17). The van der Waals surface area contributed by atoms with Gasteiger partial charge in [-0.05, 0) is 34.3 Å². The molecular formula is C13H14BrNO2. The molecule has 0 radical (unpaired) electrons. The Morgan fingerprint density at radius 1 is 1.47 bits per heavy atom. The van der Waals surface area contributed by atoms with Crippen molar-refractivity contribution in [2.75, 3.05) is 0 Å². The van der Waals surface area contributed by atoms with Crippen molar-refractivity contribution in [3.05, 3.63) is 34.4 Å². The lowest BCUT2D eigenvalue weighted by Crippen LogP contribution is -1.97. The molecule has 0 fully saturated rings. The molecule has 1 aromatic carbocycles. The second-order valence-electron chi connectivity index (χ2n) is 4.15. The van der Waals surface area contributed by atoms with Gasteiger partial charge in [-0.2, -0.15) is 0 Å². The van der Waals surface area contributed by atoms with Crippen LogP contribution in [0.25, 0.3) is 10.9 Å². The number of nitrogens with zero attached hydrogens (tertiary/aromatic N) is 1. The Balaban J connectivity index is 2.31. The van der Waals surface area contributed by atoms with Gasteiger partial charge in [0.1, 0.15) is 0 Å². The highest BCUT2D eigenvalue weighted by atomic mass is 79.9. The van der Waals surface area contributed by atoms with Crippen LogP contribution in [0.5, 0.6) is 0 Å². The highest BCUT2D eigenvalue weighted by Gasteiger charge is 2.08. The molecule has 1 aromatic heterocycles. The van der Waals surface area contributed by atoms with E-state index in [0.717, 1.165) is 10.9 Å². The van der Waals surface area contributed by atoms with Crippen molar-refractivity contribution in [3.63, 3.8) is 0 Å². The first-order chi connectivity index (χ1) is 8.09. The van der Waals surface area contributed by atoms with Gasteiger partial charge in [0.2, 0.25) is 0 Å². The quantitative estimate of drug-likeness (QED) is 0.940. The molecule has 0 spiro atoms. The number of carboxylic acids is 1. The normalized spacial score (nSPS) is 10.9. The summed E-state index contributed by atoms with van der Waals surface area (Å²) in [5.41, 5.74) is 2.39. The smallest absolute Gasteiger partial charge is 0.303 e. The molecule has 1 heterocycles. The monoisotopic (exact) mass is 295 g/mol. The summed E-state index contributed by atoms with van der Waals surface area (Å²) in [6.45, 7) is 0. The van der Waals surface area contributed by atoms with E-state index in [9.17, 15) is 4.79 Å². The fourth-order valence-corrected chi connectivity index (χ4v) is 2.76. The largest absolute Gasteiger partial charge is 0.481 e. The van der Waals surface area contributed by atoms with Gasteiger partial charge in [-0.15, -0.1) is 0 Å². The molecule has 0 amide bonds. The molecule has 1 N–H and O–H groups in total. The number of aryl methyl sites for hydroxylation is 2. The number of benzene rings is 1. The molecule has 0 aliphatic rings. The van der Waals surface area contributed by atoms with Crippen LogP contribution in [-0.2, 0) is 18.3 Å². The van der Waals surface area contributed by atoms with Crippen molar-refractivity contribution in [2.45, 2.75) is 19.3 Å². The number of hydrogen-bond acceptors (Lipinski definition) is 1. The number of carboxylic acid groups (broad SMARTS) is 1. The van der Waals surface area contributed by atoms with Gasteiger partial charge in [0.15, 0.2) is 0 Å². The topological polar surface area (TPSA) is 42.2 Å². The van der Waals surface area contributed by atoms with Crippen LogP contribution in [0, 0.1) is 0 Å². The van der Waals surface area contributed by atoms with Gasteiger partial charge in [-0.1, -0.05) is 18.2 Å². The van der Waals surface area contributed by atoms with E-state index >= 15 is 0 Å². The Labute approximate surface area is 108 Å². The van der Waals surface area contributed by atoms with E-state index in [1.165, 1.54) is 16.5 Å². The Morgan fingerprint density at radius 2 is 2.24 bits per heavy atom. The first-order valence-electron chi connectivity index (χ1n) is 5.54. The maximum atomic E-state index is 10.5. The highest BCUT2D eigenvalue weighted by Crippen LogP contribution is 2.28. The summed E-state index contributed by atoms with van der Waals surface area (Å²) in [6.07, 6.45) is 3.73. The summed E-state index contributed by atoms with van der Waals surface area (Å²) in [4.78, 5) is 10.5. The van der Waals surface area contributed by atoms with Crippen LogP contribution in [0.1, 0.15) is 18.4 Å². The fourth-order valence-electron chi connectivity index (χ4n) is 2.14. The van der Waals surface area contributed by atoms with E-state index in [1.54, 1.807) is 0 Å². The van der Waals surface area contributed by atoms with Gasteiger partial charge in [0, 0.05) is 29.5 Å². The van der Waals surface area contributed by atoms with E-state index < -0.39 is 5.97 Å². The van der Waals surface area contributed by atoms with E-state index in [4.69, 9.17) is 5.11 Å². The molecule has 17 heavy (non-hydrogen) atoms. The lowest BCUT2D eigenvalue weighted by Gasteiger charge is -2.05. The van der Waals surface area contributed by atoms with Crippen LogP contribution in [0.4, 0.5) is 0 Å². The van der Waals surface area contributed by atoms with E-state index in [-0.39, 0.29) is 6.42 Å². The molecule has 4 heteroatoms. The molecule has 2 rings (SSSR count). The van der Waals surface area contributed by atoms with Crippen molar-refractivity contribution in [1.82, 2.24) is 4.57 Å². The molecule has 90 valence electrons. The molecule has 0 saturated heterocycles. The minimum absolute atomic E-state index is 0.224. The van der Waals surface area contributed by atoms with E-state index in [0.29, 0.717) is 6.42 Å². The Kier molecular flexibility index (Phi) is 3.52. The summed E-state index contributed by atoms with van der Waals surface area (Å²) in [6, 6.07) is 6.15. The zero-order valence-electron chi connectivity index (χ0n) is 9.61. The van der Waals surface area contributed by atoms with Gasteiger partial charge in [-0.25, -0.2) is 0 Å². The minimum Gasteiger partial charge on any atom is -0.481 e. The number of fused-ring (bicyclic) bond motifs is 1. The average Bonchev–Trinajstić information content (AvgIpc) is 2.55. The summed E-state index contributed by atoms with van der Waals surface area (Å²) in [7, 11) is 2.01. The molecule has 0 atom stereocenters. The number of carbonyl (C=O) groups is 1. The van der Waals surface area contributed by atoms with E-state index in [1.807, 2.05) is 19.3 Å². The molecular weight excluding hydrogens is 282 g/mol. The van der Waals surface area contributed by atoms with Gasteiger partial charge in [0.05, 0.1) is 5.52 Å². The molecule has 0 aliphatic carbocycles. The number of aliphatic carboxylic acids is 1. The van der Waals surface area contributed by atoms with Crippen molar-refractivity contribution in [1.29, 1.82) is 0 Å². The third-order valence-electron chi connectivity index (χ3n) is 2.87. The van der Waals surface area contributed by atoms with Crippen molar-refractivity contribution < 1.29 is 9.90 Å². The summed E-state index contributed by atoms with van der Waals surface area (Å²) in [5, 5.41) is 9.83. The Hall–Kier alpha value is -1.29. The number of rotatable bonds is 4. The molecule has 0 aliphatic heterocycles. The number of hydrogen-bond donors (Lipinski definition) is 1. The van der Waals surface area contributed by atoms with Crippen molar-refractivity contribution in [3.8, 4) is 0 Å². The Bertz CT molecular complexity index is 560. The zero-order chi connectivity index (χ0) is 12.4. The summed E-state index contributed by atoms with van der Waals surface area (Å²) in [5.74, 6) is -0.731. The van der Waals surface area contributed by atoms with Crippen molar-refractivity contribution >= 4 is 32.8 Å². The van der Waals surface area contributed by atoms with Crippen LogP contribution < -0.4 is 0 Å². The first-order valence-corrected chi connectivity index (χ1v) is 6.33. The molecule has 2 aromatic rings. The van der Waals surface area contributed by atoms with Gasteiger partial charge in [-0.3, -0.25) is 4.79 Å². The summed E-state index contributed by atoms with van der Waals surface area (Å²) < 4.78 is 3.16. The number of aromatic nitrogens is 1. The third kappa shape index (κ3) is 2.52. The van der Waals surface area contributed by atoms with Crippen LogP contribution in [0.15, 0.2) is 28.9 Å². The lowest BCUT2D eigenvalue weighted by molar-refractivity contribution is -0.137. The van der Waals surface area contributed by atoms with Gasteiger partial charge < -0.3 is 9.67 Å². The van der Waals surface area contributed by atoms with Crippen LogP contribution in [0.2, 0.25) is 0 Å². The van der Waals surface area contributed by atoms with E-state index in [2.05, 4.69) is 32.6 Å². The second kappa shape index (κ2) is 4.92. The average molecular weight is 296 g/mol. The molecule has 0 bridgehead atoms. The molecule has 3 nitrogen and oxygen atoms in total. The second-order valence-corrected chi connectivity index (χ2v) is 5.00. The Morgan fingerprint density at radius 3 is 2.94 bits per heavy atom. The SMILES string of the molecule is Cn1cc(Br)c2cccc(CCCC(=O)O)c21. The summed E-state index contributed by atoms with van der Waals surface area (Å²) >= 11 is 3.53. The van der Waals surface area contributed by atoms with Gasteiger partial charge in [0.25, 0.3) is 0 Å². The number of halogens is 1. The zero-order valence-corrected chi connectivity index (χ0v) is 11.2. The molecule has 0 saturated carbocycles. The van der Waals surface area contributed by atoms with Crippen LogP contribution >= 0.6 is 15.9 Å². The minimum atomic E-state index is -0.731. The molecule has 0 unspecified atom stereocenters. The van der Waals surface area contributed by atoms with Crippen LogP contribution in [0.3, 0.4) is 0 Å². The van der Waals surface area contributed by atoms with Crippen LogP contribution in [-0.4, -0.2) is 15.6 Å². The predicted octanol–water partition coefficient (Wildman–Crippen LogP) is 3.35. The van der Waals surface area contributed by atoms with Crippen molar-refractivity contribution in [2.24, 2.45) is 7.05 Å². The predicted molar refractivity (Wildman–Crippen MR) is 71.2 cm³/mol. The number of para-hydroxylation sites is 1. The van der Waals surface area contributed by atoms with Gasteiger partial charge >= 0.3 is 5.97 Å². The fraction of sp³-hybridized carbons (Fsp3) is 0.308. The maximum Gasteiger partial charge on any atom is 0.303 e. The lowest BCUT2D eigenvalue weighted by atomic mass is 10.1. The maximum absolute atomic E-state index is 10.5. The first kappa shape index (κ1) is 12.2. The third-order valence-corrected chi connectivity index (χ3v) is 3.51.